The SMILES string of the molecule is CCOC(=O)[C@@H]1CCC[C@H]2O[C@@H](C)[C@@H](C)[C@@H]21. The molecular formula is C13H22O3. The molecule has 3 heteroatoms. The maximum Gasteiger partial charge on any atom is 0.309 e. The van der Waals surface area contributed by atoms with E-state index in [1.54, 1.807) is 0 Å². The summed E-state index contributed by atoms with van der Waals surface area (Å²) in [7, 11) is 0. The van der Waals surface area contributed by atoms with Crippen LogP contribution in [0.2, 0.25) is 0 Å². The fourth-order valence-electron chi connectivity index (χ4n) is 3.28. The lowest BCUT2D eigenvalue weighted by atomic mass is 9.72. The van der Waals surface area contributed by atoms with E-state index in [1.165, 1.54) is 0 Å². The van der Waals surface area contributed by atoms with E-state index in [4.69, 9.17) is 9.47 Å². The summed E-state index contributed by atoms with van der Waals surface area (Å²) in [5, 5.41) is 0. The second kappa shape index (κ2) is 4.74. The lowest BCUT2D eigenvalue weighted by Crippen LogP contribution is -2.37. The Kier molecular flexibility index (Phi) is 3.53. The van der Waals surface area contributed by atoms with Crippen LogP contribution >= 0.6 is 0 Å². The van der Waals surface area contributed by atoms with Gasteiger partial charge < -0.3 is 9.47 Å². The van der Waals surface area contributed by atoms with Crippen LogP contribution in [0.1, 0.15) is 40.0 Å². The molecule has 0 aromatic carbocycles. The van der Waals surface area contributed by atoms with Gasteiger partial charge in [0.05, 0.1) is 24.7 Å². The van der Waals surface area contributed by atoms with Gasteiger partial charge in [0.15, 0.2) is 0 Å². The van der Waals surface area contributed by atoms with Gasteiger partial charge in [-0.1, -0.05) is 6.92 Å². The van der Waals surface area contributed by atoms with E-state index in [-0.39, 0.29) is 24.1 Å². The average molecular weight is 226 g/mol. The first kappa shape index (κ1) is 11.9. The van der Waals surface area contributed by atoms with Crippen molar-refractivity contribution in [3.05, 3.63) is 0 Å². The van der Waals surface area contributed by atoms with Crippen LogP contribution in [0, 0.1) is 17.8 Å². The number of carbonyl (C=O) groups is 1. The van der Waals surface area contributed by atoms with E-state index >= 15 is 0 Å². The zero-order valence-corrected chi connectivity index (χ0v) is 10.4. The van der Waals surface area contributed by atoms with Crippen molar-refractivity contribution in [3.63, 3.8) is 0 Å². The molecule has 16 heavy (non-hydrogen) atoms. The molecule has 3 nitrogen and oxygen atoms in total. The van der Waals surface area contributed by atoms with Crippen LogP contribution in [0.25, 0.3) is 0 Å². The van der Waals surface area contributed by atoms with E-state index in [1.807, 2.05) is 6.92 Å². The molecule has 1 heterocycles. The molecule has 0 radical (unpaired) electrons. The van der Waals surface area contributed by atoms with Gasteiger partial charge in [-0.3, -0.25) is 4.79 Å². The molecule has 0 spiro atoms. The van der Waals surface area contributed by atoms with E-state index in [0.717, 1.165) is 19.3 Å². The standard InChI is InChI=1S/C13H22O3/c1-4-15-13(14)10-6-5-7-11-12(10)8(2)9(3)16-11/h8-12H,4-7H2,1-3H3/t8-,9+,10-,11-,12-/m1/s1. The first-order chi connectivity index (χ1) is 7.65. The Hall–Kier alpha value is -0.570. The number of esters is 1. The molecule has 0 bridgehead atoms. The van der Waals surface area contributed by atoms with Gasteiger partial charge in [-0.25, -0.2) is 0 Å². The molecule has 1 saturated carbocycles. The van der Waals surface area contributed by atoms with Crippen LogP contribution in [0.3, 0.4) is 0 Å². The van der Waals surface area contributed by atoms with Crippen molar-refractivity contribution in [3.8, 4) is 0 Å². The van der Waals surface area contributed by atoms with Crippen molar-refractivity contribution >= 4 is 5.97 Å². The molecule has 1 aliphatic heterocycles. The van der Waals surface area contributed by atoms with Crippen LogP contribution in [-0.4, -0.2) is 24.8 Å². The molecular weight excluding hydrogens is 204 g/mol. The maximum atomic E-state index is 11.9. The molecule has 0 aromatic rings. The highest BCUT2D eigenvalue weighted by Gasteiger charge is 2.48. The van der Waals surface area contributed by atoms with Gasteiger partial charge in [0, 0.05) is 5.92 Å². The first-order valence-corrected chi connectivity index (χ1v) is 6.47. The zero-order valence-electron chi connectivity index (χ0n) is 10.4. The summed E-state index contributed by atoms with van der Waals surface area (Å²) in [4.78, 5) is 11.9. The highest BCUT2D eigenvalue weighted by Crippen LogP contribution is 2.44. The third kappa shape index (κ3) is 1.97. The van der Waals surface area contributed by atoms with E-state index in [0.29, 0.717) is 18.4 Å². The number of rotatable bonds is 2. The molecule has 2 fully saturated rings. The predicted molar refractivity (Wildman–Crippen MR) is 61.0 cm³/mol. The molecule has 2 aliphatic rings. The number of ether oxygens (including phenoxy) is 2. The smallest absolute Gasteiger partial charge is 0.309 e. The van der Waals surface area contributed by atoms with Gasteiger partial charge in [-0.15, -0.1) is 0 Å². The third-order valence-electron chi connectivity index (χ3n) is 4.22. The van der Waals surface area contributed by atoms with Crippen molar-refractivity contribution in [1.29, 1.82) is 0 Å². The number of fused-ring (bicyclic) bond motifs is 1. The topological polar surface area (TPSA) is 35.5 Å². The summed E-state index contributed by atoms with van der Waals surface area (Å²) in [6.45, 7) is 6.67. The lowest BCUT2D eigenvalue weighted by Gasteiger charge is -2.32. The fraction of sp³-hybridized carbons (Fsp3) is 0.923. The number of hydrogen-bond donors (Lipinski definition) is 0. The summed E-state index contributed by atoms with van der Waals surface area (Å²) in [5.41, 5.74) is 0. The quantitative estimate of drug-likeness (QED) is 0.678. The van der Waals surface area contributed by atoms with Crippen molar-refractivity contribution in [2.45, 2.75) is 52.2 Å². The molecule has 1 saturated heterocycles. The highest BCUT2D eigenvalue weighted by atomic mass is 16.5. The van der Waals surface area contributed by atoms with E-state index in [9.17, 15) is 4.79 Å². The molecule has 0 amide bonds. The molecule has 0 aromatic heterocycles. The van der Waals surface area contributed by atoms with Gasteiger partial charge in [0.25, 0.3) is 0 Å². The summed E-state index contributed by atoms with van der Waals surface area (Å²) < 4.78 is 11.1. The van der Waals surface area contributed by atoms with Gasteiger partial charge in [0.1, 0.15) is 0 Å². The predicted octanol–water partition coefficient (Wildman–Crippen LogP) is 2.39. The van der Waals surface area contributed by atoms with E-state index in [2.05, 4.69) is 13.8 Å². The first-order valence-electron chi connectivity index (χ1n) is 6.47. The molecule has 92 valence electrons. The number of hydrogen-bond acceptors (Lipinski definition) is 3. The van der Waals surface area contributed by atoms with Gasteiger partial charge in [0.2, 0.25) is 0 Å². The Balaban J connectivity index is 2.10. The Bertz CT molecular complexity index is 264. The van der Waals surface area contributed by atoms with Gasteiger partial charge in [-0.05, 0) is 39.0 Å². The number of carbonyl (C=O) groups excluding carboxylic acids is 1. The van der Waals surface area contributed by atoms with Crippen molar-refractivity contribution in [1.82, 2.24) is 0 Å². The molecule has 2 rings (SSSR count). The van der Waals surface area contributed by atoms with Crippen molar-refractivity contribution < 1.29 is 14.3 Å². The second-order valence-corrected chi connectivity index (χ2v) is 5.11. The van der Waals surface area contributed by atoms with Gasteiger partial charge in [-0.2, -0.15) is 0 Å². The third-order valence-corrected chi connectivity index (χ3v) is 4.22. The summed E-state index contributed by atoms with van der Waals surface area (Å²) >= 11 is 0. The second-order valence-electron chi connectivity index (χ2n) is 5.11. The summed E-state index contributed by atoms with van der Waals surface area (Å²) in [6, 6.07) is 0. The molecule has 1 aliphatic carbocycles. The van der Waals surface area contributed by atoms with Crippen LogP contribution in [0.4, 0.5) is 0 Å². The van der Waals surface area contributed by atoms with Crippen molar-refractivity contribution in [2.24, 2.45) is 17.8 Å². The Morgan fingerprint density at radius 1 is 1.38 bits per heavy atom. The van der Waals surface area contributed by atoms with Gasteiger partial charge >= 0.3 is 5.97 Å². The lowest BCUT2D eigenvalue weighted by molar-refractivity contribution is -0.153. The Morgan fingerprint density at radius 2 is 2.12 bits per heavy atom. The molecule has 0 unspecified atom stereocenters. The minimum Gasteiger partial charge on any atom is -0.466 e. The van der Waals surface area contributed by atoms with Crippen LogP contribution in [-0.2, 0) is 14.3 Å². The Labute approximate surface area is 97.5 Å². The zero-order chi connectivity index (χ0) is 11.7. The Morgan fingerprint density at radius 3 is 2.81 bits per heavy atom. The summed E-state index contributed by atoms with van der Waals surface area (Å²) in [6.07, 6.45) is 3.73. The maximum absolute atomic E-state index is 11.9. The fourth-order valence-corrected chi connectivity index (χ4v) is 3.28. The summed E-state index contributed by atoms with van der Waals surface area (Å²) in [5.74, 6) is 0.905. The largest absolute Gasteiger partial charge is 0.466 e. The van der Waals surface area contributed by atoms with Crippen LogP contribution in [0.15, 0.2) is 0 Å². The highest BCUT2D eigenvalue weighted by molar-refractivity contribution is 5.73. The molecule has 5 atom stereocenters. The minimum atomic E-state index is -0.0123. The van der Waals surface area contributed by atoms with E-state index < -0.39 is 0 Å². The average Bonchev–Trinajstić information content (AvgIpc) is 2.55. The normalized spacial score (nSPS) is 42.8. The monoisotopic (exact) mass is 226 g/mol. The van der Waals surface area contributed by atoms with Crippen LogP contribution < -0.4 is 0 Å². The molecule has 0 N–H and O–H groups in total. The van der Waals surface area contributed by atoms with Crippen molar-refractivity contribution in [2.75, 3.05) is 6.61 Å². The minimum absolute atomic E-state index is 0.0123. The van der Waals surface area contributed by atoms with Crippen LogP contribution in [0.5, 0.6) is 0 Å².